The van der Waals surface area contributed by atoms with Crippen molar-refractivity contribution >= 4 is 17.1 Å². The Morgan fingerprint density at radius 1 is 1.47 bits per heavy atom. The molecule has 1 aromatic rings. The number of ether oxygens (including phenoxy) is 1. The van der Waals surface area contributed by atoms with Crippen LogP contribution in [0.1, 0.15) is 19.8 Å². The molecule has 4 N–H and O–H groups in total. The zero-order valence-corrected chi connectivity index (χ0v) is 10.8. The van der Waals surface area contributed by atoms with Crippen molar-refractivity contribution in [1.29, 1.82) is 0 Å². The Hall–Kier alpha value is -1.86. The molecule has 7 heteroatoms. The van der Waals surface area contributed by atoms with Gasteiger partial charge in [0.25, 0.3) is 5.69 Å². The van der Waals surface area contributed by atoms with E-state index < -0.39 is 4.92 Å². The fourth-order valence-electron chi connectivity index (χ4n) is 2.17. The van der Waals surface area contributed by atoms with Gasteiger partial charge < -0.3 is 15.5 Å². The lowest BCUT2D eigenvalue weighted by Gasteiger charge is -2.24. The second-order valence-corrected chi connectivity index (χ2v) is 4.93. The molecule has 2 rings (SSSR count). The van der Waals surface area contributed by atoms with Crippen LogP contribution in [-0.2, 0) is 4.74 Å². The SMILES string of the molecule is CC1(CNc2cc(NN)cc([N+](=O)[O-])c2)CCCO1. The molecule has 0 saturated carbocycles. The monoisotopic (exact) mass is 266 g/mol. The molecule has 1 fully saturated rings. The Morgan fingerprint density at radius 2 is 2.21 bits per heavy atom. The summed E-state index contributed by atoms with van der Waals surface area (Å²) >= 11 is 0. The minimum Gasteiger partial charge on any atom is -0.382 e. The molecule has 1 aromatic carbocycles. The van der Waals surface area contributed by atoms with E-state index in [4.69, 9.17) is 10.6 Å². The van der Waals surface area contributed by atoms with Crippen LogP contribution < -0.4 is 16.6 Å². The minimum atomic E-state index is -0.445. The number of nitro benzene ring substituents is 1. The predicted octanol–water partition coefficient (Wildman–Crippen LogP) is 1.86. The van der Waals surface area contributed by atoms with Crippen molar-refractivity contribution in [3.63, 3.8) is 0 Å². The van der Waals surface area contributed by atoms with Crippen molar-refractivity contribution in [3.8, 4) is 0 Å². The summed E-state index contributed by atoms with van der Waals surface area (Å²) in [6.45, 7) is 3.41. The molecular formula is C12H18N4O3. The third-order valence-corrected chi connectivity index (χ3v) is 3.26. The number of benzene rings is 1. The Kier molecular flexibility index (Phi) is 3.87. The summed E-state index contributed by atoms with van der Waals surface area (Å²) in [4.78, 5) is 10.4. The van der Waals surface area contributed by atoms with Gasteiger partial charge in [0.05, 0.1) is 16.2 Å². The molecule has 1 atom stereocenters. The van der Waals surface area contributed by atoms with E-state index >= 15 is 0 Å². The van der Waals surface area contributed by atoms with E-state index in [0.717, 1.165) is 19.4 Å². The second kappa shape index (κ2) is 5.41. The first kappa shape index (κ1) is 13.6. The van der Waals surface area contributed by atoms with Gasteiger partial charge in [0.15, 0.2) is 0 Å². The number of anilines is 2. The smallest absolute Gasteiger partial charge is 0.273 e. The molecular weight excluding hydrogens is 248 g/mol. The fraction of sp³-hybridized carbons (Fsp3) is 0.500. The molecule has 0 amide bonds. The predicted molar refractivity (Wildman–Crippen MR) is 73.0 cm³/mol. The van der Waals surface area contributed by atoms with Crippen molar-refractivity contribution in [2.24, 2.45) is 5.84 Å². The molecule has 0 aliphatic carbocycles. The van der Waals surface area contributed by atoms with Crippen LogP contribution in [0.3, 0.4) is 0 Å². The van der Waals surface area contributed by atoms with Crippen LogP contribution in [0, 0.1) is 10.1 Å². The van der Waals surface area contributed by atoms with Gasteiger partial charge in [0.1, 0.15) is 0 Å². The van der Waals surface area contributed by atoms with Gasteiger partial charge in [-0.15, -0.1) is 0 Å². The zero-order chi connectivity index (χ0) is 13.9. The maximum atomic E-state index is 10.8. The first-order valence-electron chi connectivity index (χ1n) is 6.16. The quantitative estimate of drug-likeness (QED) is 0.427. The number of nitrogens with one attached hydrogen (secondary N) is 2. The molecule has 0 bridgehead atoms. The number of non-ortho nitro benzene ring substituents is 1. The van der Waals surface area contributed by atoms with Crippen LogP contribution in [0.15, 0.2) is 18.2 Å². The lowest BCUT2D eigenvalue weighted by atomic mass is 10.0. The number of nitrogen functional groups attached to an aromatic ring is 1. The van der Waals surface area contributed by atoms with Gasteiger partial charge in [0, 0.05) is 31.0 Å². The molecule has 104 valence electrons. The minimum absolute atomic E-state index is 0.00422. The number of nitrogens with zero attached hydrogens (tertiary/aromatic N) is 1. The number of nitro groups is 1. The summed E-state index contributed by atoms with van der Waals surface area (Å²) in [5.74, 6) is 5.31. The van der Waals surface area contributed by atoms with Crippen LogP contribution in [0.5, 0.6) is 0 Å². The number of hydrogen-bond donors (Lipinski definition) is 3. The van der Waals surface area contributed by atoms with E-state index in [-0.39, 0.29) is 11.3 Å². The van der Waals surface area contributed by atoms with Crippen molar-refractivity contribution in [3.05, 3.63) is 28.3 Å². The van der Waals surface area contributed by atoms with Gasteiger partial charge in [-0.2, -0.15) is 0 Å². The molecule has 0 spiro atoms. The van der Waals surface area contributed by atoms with Crippen molar-refractivity contribution in [1.82, 2.24) is 0 Å². The molecule has 1 aliphatic heterocycles. The average Bonchev–Trinajstić information content (AvgIpc) is 2.83. The van der Waals surface area contributed by atoms with E-state index in [0.29, 0.717) is 17.9 Å². The summed E-state index contributed by atoms with van der Waals surface area (Å²) in [6.07, 6.45) is 2.03. The summed E-state index contributed by atoms with van der Waals surface area (Å²) in [6, 6.07) is 4.60. The first-order chi connectivity index (χ1) is 9.02. The van der Waals surface area contributed by atoms with Crippen LogP contribution in [0.25, 0.3) is 0 Å². The van der Waals surface area contributed by atoms with Crippen LogP contribution in [0.4, 0.5) is 17.1 Å². The molecule has 1 heterocycles. The highest BCUT2D eigenvalue weighted by atomic mass is 16.6. The van der Waals surface area contributed by atoms with Gasteiger partial charge >= 0.3 is 0 Å². The van der Waals surface area contributed by atoms with Crippen molar-refractivity contribution < 1.29 is 9.66 Å². The molecule has 7 nitrogen and oxygen atoms in total. The molecule has 0 aromatic heterocycles. The summed E-state index contributed by atoms with van der Waals surface area (Å²) in [7, 11) is 0. The maximum Gasteiger partial charge on any atom is 0.273 e. The third kappa shape index (κ3) is 3.33. The molecule has 19 heavy (non-hydrogen) atoms. The van der Waals surface area contributed by atoms with E-state index in [1.54, 1.807) is 6.07 Å². The topological polar surface area (TPSA) is 102 Å². The maximum absolute atomic E-state index is 10.8. The number of hydrazine groups is 1. The van der Waals surface area contributed by atoms with Crippen LogP contribution in [0.2, 0.25) is 0 Å². The standard InChI is InChI=1S/C12H18N4O3/c1-12(3-2-4-19-12)8-14-9-5-10(15-13)7-11(6-9)16(17)18/h5-7,14-15H,2-4,8,13H2,1H3. The van der Waals surface area contributed by atoms with Crippen molar-refractivity contribution in [2.75, 3.05) is 23.9 Å². The highest BCUT2D eigenvalue weighted by Crippen LogP contribution is 2.28. The Morgan fingerprint density at radius 3 is 2.79 bits per heavy atom. The Labute approximate surface area is 111 Å². The van der Waals surface area contributed by atoms with Gasteiger partial charge in [-0.05, 0) is 25.8 Å². The molecule has 1 saturated heterocycles. The Balaban J connectivity index is 2.10. The van der Waals surface area contributed by atoms with E-state index in [1.165, 1.54) is 12.1 Å². The third-order valence-electron chi connectivity index (χ3n) is 3.26. The molecule has 0 radical (unpaired) electrons. The summed E-state index contributed by atoms with van der Waals surface area (Å²) in [5.41, 5.74) is 3.36. The van der Waals surface area contributed by atoms with Crippen LogP contribution >= 0.6 is 0 Å². The Bertz CT molecular complexity index is 472. The van der Waals surface area contributed by atoms with E-state index in [2.05, 4.69) is 10.7 Å². The van der Waals surface area contributed by atoms with Gasteiger partial charge in [-0.1, -0.05) is 0 Å². The molecule has 1 aliphatic rings. The largest absolute Gasteiger partial charge is 0.382 e. The normalized spacial score (nSPS) is 22.2. The lowest BCUT2D eigenvalue weighted by molar-refractivity contribution is -0.384. The lowest BCUT2D eigenvalue weighted by Crippen LogP contribution is -2.32. The fourth-order valence-corrected chi connectivity index (χ4v) is 2.17. The number of nitrogens with two attached hydrogens (primary N) is 1. The van der Waals surface area contributed by atoms with E-state index in [9.17, 15) is 10.1 Å². The van der Waals surface area contributed by atoms with Gasteiger partial charge in [-0.25, -0.2) is 0 Å². The number of rotatable bonds is 5. The first-order valence-corrected chi connectivity index (χ1v) is 6.16. The van der Waals surface area contributed by atoms with E-state index in [1.807, 2.05) is 6.92 Å². The molecule has 1 unspecified atom stereocenters. The van der Waals surface area contributed by atoms with Crippen LogP contribution in [-0.4, -0.2) is 23.7 Å². The van der Waals surface area contributed by atoms with Gasteiger partial charge in [0.2, 0.25) is 0 Å². The average molecular weight is 266 g/mol. The van der Waals surface area contributed by atoms with Crippen molar-refractivity contribution in [2.45, 2.75) is 25.4 Å². The highest BCUT2D eigenvalue weighted by molar-refractivity contribution is 5.63. The second-order valence-electron chi connectivity index (χ2n) is 4.93. The highest BCUT2D eigenvalue weighted by Gasteiger charge is 2.29. The zero-order valence-electron chi connectivity index (χ0n) is 10.8. The number of hydrogen-bond acceptors (Lipinski definition) is 6. The van der Waals surface area contributed by atoms with Gasteiger partial charge in [-0.3, -0.25) is 16.0 Å². The summed E-state index contributed by atoms with van der Waals surface area (Å²) in [5, 5.41) is 14.0. The summed E-state index contributed by atoms with van der Waals surface area (Å²) < 4.78 is 5.66.